The summed E-state index contributed by atoms with van der Waals surface area (Å²) in [5, 5.41) is 9.30. The van der Waals surface area contributed by atoms with Crippen LogP contribution >= 0.6 is 0 Å². The molecule has 0 aromatic heterocycles. The van der Waals surface area contributed by atoms with Crippen LogP contribution in [0, 0.1) is 0 Å². The van der Waals surface area contributed by atoms with Gasteiger partial charge in [0.25, 0.3) is 0 Å². The summed E-state index contributed by atoms with van der Waals surface area (Å²) in [6.45, 7) is 0.0794. The van der Waals surface area contributed by atoms with E-state index in [0.717, 1.165) is 23.7 Å². The molecule has 1 atom stereocenters. The molecule has 1 aromatic rings. The first kappa shape index (κ1) is 10.0. The van der Waals surface area contributed by atoms with Crippen molar-refractivity contribution in [3.05, 3.63) is 30.3 Å². The molecule has 0 amide bonds. The van der Waals surface area contributed by atoms with Gasteiger partial charge in [0.15, 0.2) is 0 Å². The molecule has 1 aliphatic carbocycles. The Hall–Kier alpha value is -0.501. The molecule has 0 spiro atoms. The number of aliphatic hydroxyl groups excluding tert-OH is 1. The average Bonchev–Trinajstić information content (AvgIpc) is 2.18. The van der Waals surface area contributed by atoms with E-state index < -0.39 is 13.8 Å². The second kappa shape index (κ2) is 3.93. The minimum absolute atomic E-state index is 0.0794. The number of hydrogen-bond donors (Lipinski definition) is 1. The number of hydrogen-bond acceptors (Lipinski definition) is 2. The van der Waals surface area contributed by atoms with Crippen LogP contribution in [0.1, 0.15) is 19.3 Å². The van der Waals surface area contributed by atoms with Gasteiger partial charge in [0.1, 0.15) is 0 Å². The molecule has 0 saturated heterocycles. The van der Waals surface area contributed by atoms with E-state index >= 15 is 0 Å². The van der Waals surface area contributed by atoms with Crippen molar-refractivity contribution in [2.75, 3.05) is 6.61 Å². The zero-order valence-electron chi connectivity index (χ0n) is 7.98. The van der Waals surface area contributed by atoms with Gasteiger partial charge in [-0.15, -0.1) is 0 Å². The zero-order valence-corrected chi connectivity index (χ0v) is 9.69. The van der Waals surface area contributed by atoms with Gasteiger partial charge in [-0.05, 0) is 0 Å². The summed E-state index contributed by atoms with van der Waals surface area (Å²) in [5.41, 5.74) is 0. The second-order valence-electron chi connectivity index (χ2n) is 3.78. The fourth-order valence-corrected chi connectivity index (χ4v) is 5.29. The Balaban J connectivity index is 2.23. The first-order valence-corrected chi connectivity index (χ1v) is 7.27. The van der Waals surface area contributed by atoms with E-state index in [0.29, 0.717) is 0 Å². The van der Waals surface area contributed by atoms with E-state index in [1.165, 1.54) is 0 Å². The van der Waals surface area contributed by atoms with E-state index in [-0.39, 0.29) is 10.9 Å². The van der Waals surface area contributed by atoms with Gasteiger partial charge < -0.3 is 0 Å². The molecule has 3 heteroatoms. The van der Waals surface area contributed by atoms with Gasteiger partial charge in [0.2, 0.25) is 0 Å². The van der Waals surface area contributed by atoms with Crippen LogP contribution in [-0.2, 0) is 3.83 Å². The summed E-state index contributed by atoms with van der Waals surface area (Å²) >= 11 is -2.06. The first-order valence-electron chi connectivity index (χ1n) is 4.86. The van der Waals surface area contributed by atoms with Crippen LogP contribution in [-0.4, -0.2) is 25.5 Å². The fourth-order valence-electron chi connectivity index (χ4n) is 1.77. The zero-order chi connectivity index (χ0) is 10.0. The van der Waals surface area contributed by atoms with Gasteiger partial charge in [0.05, 0.1) is 0 Å². The minimum atomic E-state index is -2.06. The molecule has 1 aromatic carbocycles. The van der Waals surface area contributed by atoms with Crippen molar-refractivity contribution in [1.82, 2.24) is 0 Å². The molecule has 0 aliphatic heterocycles. The average molecular weight is 257 g/mol. The molecule has 1 unspecified atom stereocenters. The van der Waals surface area contributed by atoms with Crippen molar-refractivity contribution in [3.63, 3.8) is 0 Å². The predicted octanol–water partition coefficient (Wildman–Crippen LogP) is 1.23. The Morgan fingerprint density at radius 1 is 1.29 bits per heavy atom. The molecule has 2 nitrogen and oxygen atoms in total. The Labute approximate surface area is 88.0 Å². The summed E-state index contributed by atoms with van der Waals surface area (Å²) in [6, 6.07) is 9.57. The molecule has 1 saturated carbocycles. The molecule has 1 aliphatic rings. The normalized spacial score (nSPS) is 21.2. The third-order valence-electron chi connectivity index (χ3n) is 2.90. The van der Waals surface area contributed by atoms with Gasteiger partial charge in [-0.2, -0.15) is 0 Å². The summed E-state index contributed by atoms with van der Waals surface area (Å²) in [5.74, 6) is 0. The third kappa shape index (κ3) is 1.56. The van der Waals surface area contributed by atoms with Crippen molar-refractivity contribution in [2.45, 2.75) is 23.6 Å². The maximum absolute atomic E-state index is 12.2. The van der Waals surface area contributed by atoms with Crippen LogP contribution in [0.15, 0.2) is 30.3 Å². The molecule has 0 heterocycles. The molecule has 1 N–H and O–H groups in total. The number of rotatable bonds is 3. The Bertz CT molecular complexity index is 325. The summed E-state index contributed by atoms with van der Waals surface area (Å²) < 4.78 is 12.9. The third-order valence-corrected chi connectivity index (χ3v) is 7.15. The van der Waals surface area contributed by atoms with E-state index in [2.05, 4.69) is 0 Å². The molecule has 0 bridgehead atoms. The van der Waals surface area contributed by atoms with Crippen LogP contribution in [0.25, 0.3) is 0 Å². The van der Waals surface area contributed by atoms with E-state index in [4.69, 9.17) is 0 Å². The number of benzene rings is 1. The molecule has 0 radical (unpaired) electrons. The standard InChI is InChI=1S/C11H14O2Se/c12-9-11(7-4-8-11)14(13)10-5-2-1-3-6-10/h1-3,5-6,12H,4,7-9H2. The van der Waals surface area contributed by atoms with E-state index in [1.807, 2.05) is 30.3 Å². The summed E-state index contributed by atoms with van der Waals surface area (Å²) in [6.07, 6.45) is 2.95. The van der Waals surface area contributed by atoms with Gasteiger partial charge in [-0.1, -0.05) is 0 Å². The van der Waals surface area contributed by atoms with E-state index in [9.17, 15) is 8.94 Å². The maximum atomic E-state index is 12.2. The summed E-state index contributed by atoms with van der Waals surface area (Å²) in [4.78, 5) is 0. The van der Waals surface area contributed by atoms with Crippen LogP contribution < -0.4 is 4.46 Å². The van der Waals surface area contributed by atoms with Crippen LogP contribution in [0.3, 0.4) is 0 Å². The molecule has 2 rings (SSSR count). The van der Waals surface area contributed by atoms with Gasteiger partial charge in [-0.25, -0.2) is 0 Å². The molecular weight excluding hydrogens is 243 g/mol. The first-order chi connectivity index (χ1) is 6.78. The quantitative estimate of drug-likeness (QED) is 0.827. The van der Waals surface area contributed by atoms with Crippen LogP contribution in [0.2, 0.25) is 4.31 Å². The molecule has 14 heavy (non-hydrogen) atoms. The van der Waals surface area contributed by atoms with Crippen molar-refractivity contribution in [1.29, 1.82) is 0 Å². The topological polar surface area (TPSA) is 37.3 Å². The van der Waals surface area contributed by atoms with Crippen LogP contribution in [0.4, 0.5) is 0 Å². The SMILES string of the molecule is O=[Se](c1ccccc1)C1(CO)CCC1. The second-order valence-corrected chi connectivity index (χ2v) is 7.71. The molecule has 1 fully saturated rings. The number of aliphatic hydroxyl groups is 1. The van der Waals surface area contributed by atoms with Crippen molar-refractivity contribution >= 4 is 18.3 Å². The van der Waals surface area contributed by atoms with Gasteiger partial charge in [0, 0.05) is 0 Å². The molecular formula is C11H14O2Se. The molecule has 76 valence electrons. The van der Waals surface area contributed by atoms with Crippen molar-refractivity contribution < 1.29 is 8.94 Å². The van der Waals surface area contributed by atoms with E-state index in [1.54, 1.807) is 0 Å². The van der Waals surface area contributed by atoms with Gasteiger partial charge >= 0.3 is 87.8 Å². The van der Waals surface area contributed by atoms with Crippen molar-refractivity contribution in [3.8, 4) is 0 Å². The summed E-state index contributed by atoms with van der Waals surface area (Å²) in [7, 11) is 0. The van der Waals surface area contributed by atoms with Crippen LogP contribution in [0.5, 0.6) is 0 Å². The van der Waals surface area contributed by atoms with Gasteiger partial charge in [-0.3, -0.25) is 0 Å². The fraction of sp³-hybridized carbons (Fsp3) is 0.455. The Morgan fingerprint density at radius 3 is 2.36 bits per heavy atom. The predicted molar refractivity (Wildman–Crippen MR) is 56.1 cm³/mol. The van der Waals surface area contributed by atoms with Crippen molar-refractivity contribution in [2.24, 2.45) is 0 Å². The Morgan fingerprint density at radius 2 is 1.93 bits per heavy atom. The Kier molecular flexibility index (Phi) is 2.82. The monoisotopic (exact) mass is 258 g/mol.